The van der Waals surface area contributed by atoms with Gasteiger partial charge in [0.25, 0.3) is 20.2 Å². The molecule has 0 radical (unpaired) electrons. The molecule has 178 valence electrons. The molecule has 0 saturated heterocycles. The highest BCUT2D eigenvalue weighted by molar-refractivity contribution is 7.87. The highest BCUT2D eigenvalue weighted by Gasteiger charge is 2.38. The number of rotatable bonds is 11. The van der Waals surface area contributed by atoms with Gasteiger partial charge in [0.05, 0.1) is 9.79 Å². The SMILES string of the molecule is Cc1ccc(S(=O)(=O)OC[C@@H](F)[C@H](F)[C@@H](F)[C@@H](F)COS(=O)(=O)c2ccc(C)cc2)cc1. The van der Waals surface area contributed by atoms with Gasteiger partial charge < -0.3 is 0 Å². The summed E-state index contributed by atoms with van der Waals surface area (Å²) in [6.45, 7) is 0.611. The minimum absolute atomic E-state index is 0.319. The second-order valence-corrected chi connectivity index (χ2v) is 10.3. The number of hydrogen-bond acceptors (Lipinski definition) is 6. The number of halogens is 4. The Morgan fingerprint density at radius 3 is 1.19 bits per heavy atom. The lowest BCUT2D eigenvalue weighted by molar-refractivity contribution is 0.00394. The first-order valence-electron chi connectivity index (χ1n) is 9.32. The summed E-state index contributed by atoms with van der Waals surface area (Å²) in [5.41, 5.74) is 1.49. The molecule has 4 atom stereocenters. The van der Waals surface area contributed by atoms with E-state index >= 15 is 0 Å². The van der Waals surface area contributed by atoms with Gasteiger partial charge in [0.15, 0.2) is 24.7 Å². The molecule has 0 spiro atoms. The number of alkyl halides is 4. The van der Waals surface area contributed by atoms with Crippen molar-refractivity contribution in [1.29, 1.82) is 0 Å². The molecule has 0 aliphatic heterocycles. The molecule has 0 heterocycles. The molecule has 2 rings (SSSR count). The summed E-state index contributed by atoms with van der Waals surface area (Å²) in [7, 11) is -8.88. The van der Waals surface area contributed by atoms with Crippen LogP contribution >= 0.6 is 0 Å². The van der Waals surface area contributed by atoms with Crippen molar-refractivity contribution in [2.24, 2.45) is 0 Å². The summed E-state index contributed by atoms with van der Waals surface area (Å²) in [6.07, 6.45) is -11.9. The third-order valence-corrected chi connectivity index (χ3v) is 6.97. The summed E-state index contributed by atoms with van der Waals surface area (Å²) in [5.74, 6) is 0. The van der Waals surface area contributed by atoms with Crippen molar-refractivity contribution in [3.63, 3.8) is 0 Å². The molecule has 6 nitrogen and oxygen atoms in total. The van der Waals surface area contributed by atoms with Gasteiger partial charge in [-0.1, -0.05) is 35.4 Å². The van der Waals surface area contributed by atoms with Crippen molar-refractivity contribution in [2.75, 3.05) is 13.2 Å². The van der Waals surface area contributed by atoms with Crippen LogP contribution in [0.1, 0.15) is 11.1 Å². The third kappa shape index (κ3) is 6.99. The Morgan fingerprint density at radius 2 is 0.906 bits per heavy atom. The standard InChI is InChI=1S/C20H22F4O6S2/c1-13-3-7-15(8-4-13)31(25,26)29-11-17(21)19(23)20(24)18(22)12-30-32(27,28)16-9-5-14(2)6-10-16/h3-10,17-20H,11-12H2,1-2H3/t17-,18+,19-,20-/m0/s1. The molecule has 12 heteroatoms. The van der Waals surface area contributed by atoms with Crippen LogP contribution in [0.2, 0.25) is 0 Å². The van der Waals surface area contributed by atoms with Crippen LogP contribution in [0.4, 0.5) is 17.6 Å². The quantitative estimate of drug-likeness (QED) is 0.346. The maximum atomic E-state index is 14.0. The van der Waals surface area contributed by atoms with E-state index in [1.165, 1.54) is 48.5 Å². The van der Waals surface area contributed by atoms with E-state index in [0.29, 0.717) is 0 Å². The Morgan fingerprint density at radius 1 is 0.625 bits per heavy atom. The van der Waals surface area contributed by atoms with Gasteiger partial charge in [-0.25, -0.2) is 17.6 Å². The van der Waals surface area contributed by atoms with E-state index in [0.717, 1.165) is 11.1 Å². The Bertz CT molecular complexity index is 1000. The van der Waals surface area contributed by atoms with E-state index in [-0.39, 0.29) is 9.79 Å². The van der Waals surface area contributed by atoms with E-state index in [1.54, 1.807) is 13.8 Å². The summed E-state index contributed by atoms with van der Waals surface area (Å²) < 4.78 is 113. The zero-order chi connectivity index (χ0) is 24.1. The van der Waals surface area contributed by atoms with Gasteiger partial charge >= 0.3 is 0 Å². The first-order valence-corrected chi connectivity index (χ1v) is 12.1. The minimum atomic E-state index is -4.44. The molecule has 0 amide bonds. The monoisotopic (exact) mass is 498 g/mol. The normalized spacial score (nSPS) is 16.3. The summed E-state index contributed by atoms with van der Waals surface area (Å²) in [5, 5.41) is 0. The van der Waals surface area contributed by atoms with Crippen molar-refractivity contribution >= 4 is 20.2 Å². The zero-order valence-electron chi connectivity index (χ0n) is 17.1. The Labute approximate surface area is 184 Å². The highest BCUT2D eigenvalue weighted by Crippen LogP contribution is 2.22. The molecule has 0 saturated carbocycles. The van der Waals surface area contributed by atoms with Gasteiger partial charge in [0.2, 0.25) is 0 Å². The van der Waals surface area contributed by atoms with Crippen LogP contribution in [0.25, 0.3) is 0 Å². The molecule has 0 aliphatic rings. The Balaban J connectivity index is 1.91. The van der Waals surface area contributed by atoms with Crippen LogP contribution < -0.4 is 0 Å². The maximum Gasteiger partial charge on any atom is 0.297 e. The van der Waals surface area contributed by atoms with Gasteiger partial charge in [-0.15, -0.1) is 0 Å². The lowest BCUT2D eigenvalue weighted by atomic mass is 10.1. The second-order valence-electron chi connectivity index (χ2n) is 7.02. The molecule has 0 unspecified atom stereocenters. The van der Waals surface area contributed by atoms with Crippen molar-refractivity contribution in [1.82, 2.24) is 0 Å². The fraction of sp³-hybridized carbons (Fsp3) is 0.400. The predicted octanol–water partition coefficient (Wildman–Crippen LogP) is 3.77. The summed E-state index contributed by atoms with van der Waals surface area (Å²) in [6, 6.07) is 10.6. The van der Waals surface area contributed by atoms with Crippen LogP contribution in [0.15, 0.2) is 58.3 Å². The van der Waals surface area contributed by atoms with E-state index in [1.807, 2.05) is 0 Å². The molecular formula is C20H22F4O6S2. The van der Waals surface area contributed by atoms with Crippen molar-refractivity contribution in [3.8, 4) is 0 Å². The van der Waals surface area contributed by atoms with Crippen molar-refractivity contribution < 1.29 is 42.8 Å². The molecule has 2 aromatic carbocycles. The molecule has 32 heavy (non-hydrogen) atoms. The van der Waals surface area contributed by atoms with Crippen molar-refractivity contribution in [2.45, 2.75) is 48.3 Å². The average molecular weight is 499 g/mol. The largest absolute Gasteiger partial charge is 0.297 e. The van der Waals surface area contributed by atoms with Gasteiger partial charge in [-0.3, -0.25) is 8.37 Å². The molecular weight excluding hydrogens is 476 g/mol. The summed E-state index contributed by atoms with van der Waals surface area (Å²) in [4.78, 5) is -0.638. The van der Waals surface area contributed by atoms with Crippen molar-refractivity contribution in [3.05, 3.63) is 59.7 Å². The Kier molecular flexibility index (Phi) is 8.80. The van der Waals surface area contributed by atoms with Crippen LogP contribution in [-0.2, 0) is 28.6 Å². The first-order chi connectivity index (χ1) is 14.8. The molecule has 0 bridgehead atoms. The van der Waals surface area contributed by atoms with E-state index in [9.17, 15) is 34.4 Å². The lowest BCUT2D eigenvalue weighted by Crippen LogP contribution is -2.39. The van der Waals surface area contributed by atoms with Gasteiger partial charge in [-0.2, -0.15) is 16.8 Å². The fourth-order valence-corrected chi connectivity index (χ4v) is 4.27. The van der Waals surface area contributed by atoms with Gasteiger partial charge in [0.1, 0.15) is 13.2 Å². The molecule has 2 aromatic rings. The molecule has 0 aromatic heterocycles. The second kappa shape index (κ2) is 10.7. The van der Waals surface area contributed by atoms with Gasteiger partial charge in [-0.05, 0) is 38.1 Å². The number of hydrogen-bond donors (Lipinski definition) is 0. The predicted molar refractivity (Wildman–Crippen MR) is 108 cm³/mol. The molecule has 0 aliphatic carbocycles. The Hall–Kier alpha value is -2.02. The third-order valence-electron chi connectivity index (χ3n) is 4.38. The van der Waals surface area contributed by atoms with E-state index in [4.69, 9.17) is 0 Å². The van der Waals surface area contributed by atoms with E-state index < -0.39 is 58.1 Å². The topological polar surface area (TPSA) is 86.7 Å². The molecule has 0 fully saturated rings. The smallest absolute Gasteiger partial charge is 0.263 e. The van der Waals surface area contributed by atoms with Crippen LogP contribution in [0.5, 0.6) is 0 Å². The average Bonchev–Trinajstić information content (AvgIpc) is 2.75. The minimum Gasteiger partial charge on any atom is -0.263 e. The fourth-order valence-electron chi connectivity index (χ4n) is 2.44. The van der Waals surface area contributed by atoms with Crippen LogP contribution in [-0.4, -0.2) is 54.7 Å². The zero-order valence-corrected chi connectivity index (χ0v) is 18.8. The molecule has 0 N–H and O–H groups in total. The van der Waals surface area contributed by atoms with Gasteiger partial charge in [0, 0.05) is 0 Å². The maximum absolute atomic E-state index is 14.0. The van der Waals surface area contributed by atoms with Crippen LogP contribution in [0, 0.1) is 13.8 Å². The lowest BCUT2D eigenvalue weighted by Gasteiger charge is -2.20. The van der Waals surface area contributed by atoms with Crippen LogP contribution in [0.3, 0.4) is 0 Å². The summed E-state index contributed by atoms with van der Waals surface area (Å²) >= 11 is 0. The number of benzene rings is 2. The van der Waals surface area contributed by atoms with E-state index in [2.05, 4.69) is 8.37 Å². The number of aryl methyl sites for hydroxylation is 2. The first kappa shape index (κ1) is 26.2. The highest BCUT2D eigenvalue weighted by atomic mass is 32.2.